The predicted molar refractivity (Wildman–Crippen MR) is 82.3 cm³/mol. The minimum absolute atomic E-state index is 0.196. The molecule has 0 aliphatic carbocycles. The fourth-order valence-corrected chi connectivity index (χ4v) is 3.19. The van der Waals surface area contributed by atoms with Gasteiger partial charge in [-0.25, -0.2) is 0 Å². The fraction of sp³-hybridized carbons (Fsp3) is 0.938. The lowest BCUT2D eigenvalue weighted by molar-refractivity contribution is -0.163. The van der Waals surface area contributed by atoms with Gasteiger partial charge in [0.2, 0.25) is 0 Å². The Bertz CT molecular complexity index is 321. The zero-order chi connectivity index (χ0) is 15.1. The van der Waals surface area contributed by atoms with Gasteiger partial charge in [0, 0.05) is 46.5 Å². The van der Waals surface area contributed by atoms with Crippen molar-refractivity contribution in [3.05, 3.63) is 0 Å². The molecule has 0 radical (unpaired) electrons. The summed E-state index contributed by atoms with van der Waals surface area (Å²) in [6.45, 7) is 8.27. The maximum Gasteiger partial charge on any atom is 0.254 e. The van der Waals surface area contributed by atoms with Crippen molar-refractivity contribution in [3.8, 4) is 0 Å². The monoisotopic (exact) mass is 298 g/mol. The first-order chi connectivity index (χ1) is 10.2. The standard InChI is InChI=1S/C16H30N2O3/c1-16(7-3-5-14-21-16)15(19)18-11-9-17(10-12-18)8-4-6-13-20-2/h3-14H2,1-2H3/t16-/m1/s1. The van der Waals surface area contributed by atoms with E-state index in [1.54, 1.807) is 7.11 Å². The minimum atomic E-state index is -0.571. The molecule has 1 atom stereocenters. The normalized spacial score (nSPS) is 27.8. The first kappa shape index (κ1) is 16.7. The Morgan fingerprint density at radius 2 is 1.95 bits per heavy atom. The number of piperazine rings is 1. The van der Waals surface area contributed by atoms with Crippen LogP contribution in [-0.4, -0.2) is 74.4 Å². The van der Waals surface area contributed by atoms with Crippen LogP contribution in [0.2, 0.25) is 0 Å². The lowest BCUT2D eigenvalue weighted by Crippen LogP contribution is -2.56. The highest BCUT2D eigenvalue weighted by molar-refractivity contribution is 5.85. The van der Waals surface area contributed by atoms with Gasteiger partial charge in [-0.2, -0.15) is 0 Å². The average Bonchev–Trinajstić information content (AvgIpc) is 2.52. The summed E-state index contributed by atoms with van der Waals surface area (Å²) in [4.78, 5) is 17.1. The molecule has 0 spiro atoms. The summed E-state index contributed by atoms with van der Waals surface area (Å²) in [5, 5.41) is 0. The molecule has 2 saturated heterocycles. The number of carbonyl (C=O) groups is 1. The van der Waals surface area contributed by atoms with E-state index in [1.165, 1.54) is 6.42 Å². The molecular weight excluding hydrogens is 268 g/mol. The van der Waals surface area contributed by atoms with Crippen LogP contribution >= 0.6 is 0 Å². The van der Waals surface area contributed by atoms with Gasteiger partial charge in [0.15, 0.2) is 0 Å². The smallest absolute Gasteiger partial charge is 0.254 e. The lowest BCUT2D eigenvalue weighted by Gasteiger charge is -2.41. The van der Waals surface area contributed by atoms with Gasteiger partial charge in [-0.15, -0.1) is 0 Å². The molecule has 0 aromatic carbocycles. The number of carbonyl (C=O) groups excluding carboxylic acids is 1. The predicted octanol–water partition coefficient (Wildman–Crippen LogP) is 1.52. The summed E-state index contributed by atoms with van der Waals surface area (Å²) in [6, 6.07) is 0. The maximum absolute atomic E-state index is 12.6. The zero-order valence-electron chi connectivity index (χ0n) is 13.6. The third-order valence-corrected chi connectivity index (χ3v) is 4.65. The van der Waals surface area contributed by atoms with Gasteiger partial charge in [0.1, 0.15) is 5.60 Å². The van der Waals surface area contributed by atoms with Gasteiger partial charge in [-0.05, 0) is 45.6 Å². The lowest BCUT2D eigenvalue weighted by atomic mass is 9.94. The largest absolute Gasteiger partial charge is 0.385 e. The van der Waals surface area contributed by atoms with E-state index >= 15 is 0 Å². The van der Waals surface area contributed by atoms with Crippen LogP contribution in [0, 0.1) is 0 Å². The Hall–Kier alpha value is -0.650. The molecule has 5 heteroatoms. The molecule has 1 amide bonds. The topological polar surface area (TPSA) is 42.0 Å². The van der Waals surface area contributed by atoms with Gasteiger partial charge < -0.3 is 14.4 Å². The van der Waals surface area contributed by atoms with Gasteiger partial charge in [-0.1, -0.05) is 0 Å². The van der Waals surface area contributed by atoms with Crippen molar-refractivity contribution in [2.75, 3.05) is 53.0 Å². The quantitative estimate of drug-likeness (QED) is 0.697. The van der Waals surface area contributed by atoms with E-state index in [1.807, 2.05) is 11.8 Å². The number of amides is 1. The van der Waals surface area contributed by atoms with Crippen LogP contribution in [0.25, 0.3) is 0 Å². The van der Waals surface area contributed by atoms with E-state index in [4.69, 9.17) is 9.47 Å². The average molecular weight is 298 g/mol. The van der Waals surface area contributed by atoms with Crippen molar-refractivity contribution in [2.24, 2.45) is 0 Å². The van der Waals surface area contributed by atoms with Crippen molar-refractivity contribution >= 4 is 5.91 Å². The molecule has 0 unspecified atom stereocenters. The van der Waals surface area contributed by atoms with Gasteiger partial charge in [-0.3, -0.25) is 9.69 Å². The third-order valence-electron chi connectivity index (χ3n) is 4.65. The Morgan fingerprint density at radius 1 is 1.19 bits per heavy atom. The number of nitrogens with zero attached hydrogens (tertiary/aromatic N) is 2. The Kier molecular flexibility index (Phi) is 6.45. The van der Waals surface area contributed by atoms with E-state index < -0.39 is 5.60 Å². The van der Waals surface area contributed by atoms with Crippen molar-refractivity contribution in [3.63, 3.8) is 0 Å². The summed E-state index contributed by atoms with van der Waals surface area (Å²) in [7, 11) is 1.75. The number of unbranched alkanes of at least 4 members (excludes halogenated alkanes) is 1. The van der Waals surface area contributed by atoms with Crippen molar-refractivity contribution in [1.29, 1.82) is 0 Å². The van der Waals surface area contributed by atoms with Crippen LogP contribution in [0.4, 0.5) is 0 Å². The molecule has 2 aliphatic rings. The van der Waals surface area contributed by atoms with Crippen LogP contribution in [0.5, 0.6) is 0 Å². The van der Waals surface area contributed by atoms with Crippen LogP contribution < -0.4 is 0 Å². The van der Waals surface area contributed by atoms with E-state index in [9.17, 15) is 4.79 Å². The number of rotatable bonds is 6. The second-order valence-electron chi connectivity index (χ2n) is 6.37. The second kappa shape index (κ2) is 8.11. The Labute approximate surface area is 128 Å². The van der Waals surface area contributed by atoms with E-state index in [2.05, 4.69) is 4.90 Å². The van der Waals surface area contributed by atoms with Crippen LogP contribution in [0.1, 0.15) is 39.0 Å². The molecule has 2 heterocycles. The zero-order valence-corrected chi connectivity index (χ0v) is 13.6. The number of hydrogen-bond acceptors (Lipinski definition) is 4. The van der Waals surface area contributed by atoms with Crippen molar-refractivity contribution < 1.29 is 14.3 Å². The molecule has 2 rings (SSSR count). The first-order valence-electron chi connectivity index (χ1n) is 8.30. The fourth-order valence-electron chi connectivity index (χ4n) is 3.19. The molecule has 5 nitrogen and oxygen atoms in total. The highest BCUT2D eigenvalue weighted by Crippen LogP contribution is 2.27. The Balaban J connectivity index is 1.71. The molecule has 0 saturated carbocycles. The molecular formula is C16H30N2O3. The molecule has 2 fully saturated rings. The van der Waals surface area contributed by atoms with Gasteiger partial charge >= 0.3 is 0 Å². The number of hydrogen-bond donors (Lipinski definition) is 0. The molecule has 0 aromatic rings. The summed E-state index contributed by atoms with van der Waals surface area (Å²) in [6.07, 6.45) is 5.33. The maximum atomic E-state index is 12.6. The molecule has 0 aromatic heterocycles. The SMILES string of the molecule is COCCCCN1CCN(C(=O)[C@@]2(C)CCCCO2)CC1. The van der Waals surface area contributed by atoms with Crippen LogP contribution in [0.15, 0.2) is 0 Å². The molecule has 122 valence electrons. The number of methoxy groups -OCH3 is 1. The second-order valence-corrected chi connectivity index (χ2v) is 6.37. The summed E-state index contributed by atoms with van der Waals surface area (Å²) >= 11 is 0. The molecule has 21 heavy (non-hydrogen) atoms. The molecule has 2 aliphatic heterocycles. The highest BCUT2D eigenvalue weighted by Gasteiger charge is 2.39. The summed E-state index contributed by atoms with van der Waals surface area (Å²) in [5.41, 5.74) is -0.571. The Morgan fingerprint density at radius 3 is 2.57 bits per heavy atom. The van der Waals surface area contributed by atoms with E-state index in [-0.39, 0.29) is 5.91 Å². The van der Waals surface area contributed by atoms with Crippen LogP contribution in [-0.2, 0) is 14.3 Å². The van der Waals surface area contributed by atoms with Gasteiger partial charge in [0.25, 0.3) is 5.91 Å². The van der Waals surface area contributed by atoms with E-state index in [0.717, 1.165) is 71.6 Å². The molecule has 0 N–H and O–H groups in total. The first-order valence-corrected chi connectivity index (χ1v) is 8.30. The van der Waals surface area contributed by atoms with E-state index in [0.29, 0.717) is 0 Å². The number of ether oxygens (including phenoxy) is 2. The minimum Gasteiger partial charge on any atom is -0.385 e. The third kappa shape index (κ3) is 4.66. The molecule has 0 bridgehead atoms. The van der Waals surface area contributed by atoms with Crippen molar-refractivity contribution in [2.45, 2.75) is 44.6 Å². The highest BCUT2D eigenvalue weighted by atomic mass is 16.5. The summed E-state index contributed by atoms with van der Waals surface area (Å²) in [5.74, 6) is 0.196. The summed E-state index contributed by atoms with van der Waals surface area (Å²) < 4.78 is 10.9. The van der Waals surface area contributed by atoms with Gasteiger partial charge in [0.05, 0.1) is 0 Å². The van der Waals surface area contributed by atoms with Crippen molar-refractivity contribution in [1.82, 2.24) is 9.80 Å². The van der Waals surface area contributed by atoms with Crippen LogP contribution in [0.3, 0.4) is 0 Å².